The van der Waals surface area contributed by atoms with Crippen molar-refractivity contribution in [1.82, 2.24) is 14.9 Å². The van der Waals surface area contributed by atoms with Crippen molar-refractivity contribution >= 4 is 16.0 Å². The van der Waals surface area contributed by atoms with Crippen LogP contribution in [0.25, 0.3) is 0 Å². The summed E-state index contributed by atoms with van der Waals surface area (Å²) < 4.78 is 24.6. The third-order valence-corrected chi connectivity index (χ3v) is 4.47. The van der Waals surface area contributed by atoms with Crippen LogP contribution in [0.4, 0.5) is 0 Å². The maximum absolute atomic E-state index is 11.5. The van der Waals surface area contributed by atoms with Crippen LogP contribution in [0.5, 0.6) is 0 Å². The van der Waals surface area contributed by atoms with Gasteiger partial charge in [-0.2, -0.15) is 0 Å². The van der Waals surface area contributed by atoms with Crippen molar-refractivity contribution in [2.75, 3.05) is 38.5 Å². The molecule has 0 unspecified atom stereocenters. The fourth-order valence-electron chi connectivity index (χ4n) is 1.72. The van der Waals surface area contributed by atoms with Crippen LogP contribution in [0.3, 0.4) is 0 Å². The van der Waals surface area contributed by atoms with Crippen LogP contribution in [0.2, 0.25) is 0 Å². The zero-order chi connectivity index (χ0) is 12.7. The highest BCUT2D eigenvalue weighted by Gasteiger charge is 2.27. The molecule has 0 atom stereocenters. The van der Waals surface area contributed by atoms with Gasteiger partial charge >= 0.3 is 0 Å². The van der Waals surface area contributed by atoms with Gasteiger partial charge in [0.05, 0.1) is 12.3 Å². The van der Waals surface area contributed by atoms with Crippen LogP contribution in [0.1, 0.15) is 20.3 Å². The highest BCUT2D eigenvalue weighted by molar-refractivity contribution is 7.89. The van der Waals surface area contributed by atoms with E-state index >= 15 is 0 Å². The molecule has 1 fully saturated rings. The molecule has 7 heteroatoms. The van der Waals surface area contributed by atoms with Gasteiger partial charge in [0.25, 0.3) is 0 Å². The second-order valence-corrected chi connectivity index (χ2v) is 5.95. The molecule has 0 aromatic heterocycles. The molecule has 1 aliphatic heterocycles. The maximum Gasteiger partial charge on any atom is 0.214 e. The van der Waals surface area contributed by atoms with Crippen molar-refractivity contribution in [3.05, 3.63) is 0 Å². The molecule has 0 bridgehead atoms. The van der Waals surface area contributed by atoms with Crippen molar-refractivity contribution in [3.8, 4) is 0 Å². The van der Waals surface area contributed by atoms with Crippen molar-refractivity contribution in [2.45, 2.75) is 20.3 Å². The fraction of sp³-hybridized carbons (Fsp3) is 0.900. The van der Waals surface area contributed by atoms with E-state index in [1.807, 2.05) is 13.8 Å². The Labute approximate surface area is 104 Å². The molecule has 1 aliphatic rings. The summed E-state index contributed by atoms with van der Waals surface area (Å²) in [6.07, 6.45) is 0.735. The smallest absolute Gasteiger partial charge is 0.214 e. The van der Waals surface area contributed by atoms with Crippen molar-refractivity contribution in [3.63, 3.8) is 0 Å². The van der Waals surface area contributed by atoms with Gasteiger partial charge < -0.3 is 10.6 Å². The van der Waals surface area contributed by atoms with Crippen LogP contribution in [-0.2, 0) is 10.0 Å². The first-order valence-electron chi connectivity index (χ1n) is 6.10. The highest BCUT2D eigenvalue weighted by atomic mass is 32.2. The average molecular weight is 262 g/mol. The topological polar surface area (TPSA) is 73.8 Å². The predicted molar refractivity (Wildman–Crippen MR) is 69.6 cm³/mol. The molecule has 100 valence electrons. The van der Waals surface area contributed by atoms with Crippen LogP contribution in [0, 0.1) is 0 Å². The van der Waals surface area contributed by atoms with Crippen LogP contribution < -0.4 is 10.6 Å². The molecule has 0 radical (unpaired) electrons. The monoisotopic (exact) mass is 262 g/mol. The summed E-state index contributed by atoms with van der Waals surface area (Å²) in [5, 5.41) is 6.20. The molecular formula is C10H22N4O2S. The first-order valence-corrected chi connectivity index (χ1v) is 7.71. The maximum atomic E-state index is 11.5. The number of guanidine groups is 1. The number of hydrogen-bond donors (Lipinski definition) is 2. The minimum Gasteiger partial charge on any atom is -0.357 e. The molecule has 0 amide bonds. The van der Waals surface area contributed by atoms with Gasteiger partial charge in [0.1, 0.15) is 0 Å². The predicted octanol–water partition coefficient (Wildman–Crippen LogP) is -0.403. The van der Waals surface area contributed by atoms with E-state index in [-0.39, 0.29) is 5.75 Å². The minimum atomic E-state index is -2.99. The Bertz CT molecular complexity index is 345. The van der Waals surface area contributed by atoms with Crippen LogP contribution in [-0.4, -0.2) is 57.2 Å². The fourth-order valence-corrected chi connectivity index (χ4v) is 3.24. The molecule has 1 rings (SSSR count). The van der Waals surface area contributed by atoms with E-state index in [9.17, 15) is 8.42 Å². The van der Waals surface area contributed by atoms with Gasteiger partial charge in [-0.15, -0.1) is 0 Å². The van der Waals surface area contributed by atoms with Gasteiger partial charge in [0.2, 0.25) is 10.0 Å². The molecule has 6 nitrogen and oxygen atoms in total. The Morgan fingerprint density at radius 3 is 2.41 bits per heavy atom. The molecule has 1 saturated heterocycles. The summed E-state index contributed by atoms with van der Waals surface area (Å²) in [4.78, 5) is 4.32. The Morgan fingerprint density at radius 1 is 1.29 bits per heavy atom. The lowest BCUT2D eigenvalue weighted by atomic mass is 10.5. The summed E-state index contributed by atoms with van der Waals surface area (Å²) in [5.74, 6) is 1.02. The van der Waals surface area contributed by atoms with E-state index in [1.54, 1.807) is 0 Å². The molecule has 2 N–H and O–H groups in total. The normalized spacial score (nSPS) is 18.9. The van der Waals surface area contributed by atoms with Crippen molar-refractivity contribution < 1.29 is 8.42 Å². The summed E-state index contributed by atoms with van der Waals surface area (Å²) >= 11 is 0. The number of sulfonamides is 1. The van der Waals surface area contributed by atoms with E-state index < -0.39 is 10.0 Å². The minimum absolute atomic E-state index is 0.282. The van der Waals surface area contributed by atoms with E-state index in [0.29, 0.717) is 19.6 Å². The zero-order valence-electron chi connectivity index (χ0n) is 10.6. The summed E-state index contributed by atoms with van der Waals surface area (Å²) in [7, 11) is -2.99. The lowest BCUT2D eigenvalue weighted by molar-refractivity contribution is 0.452. The molecule has 0 saturated carbocycles. The van der Waals surface area contributed by atoms with Gasteiger partial charge in [-0.3, -0.25) is 4.99 Å². The number of hydrogen-bond acceptors (Lipinski definition) is 3. The van der Waals surface area contributed by atoms with Crippen LogP contribution >= 0.6 is 0 Å². The lowest BCUT2D eigenvalue weighted by Crippen LogP contribution is -2.38. The number of nitrogens with zero attached hydrogens (tertiary/aromatic N) is 2. The number of aliphatic imine (C=N–C) groups is 1. The zero-order valence-corrected chi connectivity index (χ0v) is 11.4. The molecule has 1 heterocycles. The molecule has 0 spiro atoms. The van der Waals surface area contributed by atoms with E-state index in [0.717, 1.165) is 25.5 Å². The summed E-state index contributed by atoms with van der Waals surface area (Å²) in [5.41, 5.74) is 0. The Hall–Kier alpha value is -0.820. The standard InChI is InChI=1S/C10H22N4O2S/c1-3-11-10(12-4-2)13-6-8-14-7-5-9-17(14,15)16/h3-9H2,1-2H3,(H2,11,12,13). The SMILES string of the molecule is CCNC(=NCCN1CCCS1(=O)=O)NCC. The van der Waals surface area contributed by atoms with Gasteiger partial charge in [-0.25, -0.2) is 12.7 Å². The van der Waals surface area contributed by atoms with Crippen molar-refractivity contribution in [1.29, 1.82) is 0 Å². The Balaban J connectivity index is 2.41. The third kappa shape index (κ3) is 4.51. The Morgan fingerprint density at radius 2 is 1.94 bits per heavy atom. The number of nitrogens with one attached hydrogen (secondary N) is 2. The second-order valence-electron chi connectivity index (χ2n) is 3.86. The summed E-state index contributed by atoms with van der Waals surface area (Å²) in [6, 6.07) is 0. The average Bonchev–Trinajstić information content (AvgIpc) is 2.59. The highest BCUT2D eigenvalue weighted by Crippen LogP contribution is 2.11. The van der Waals surface area contributed by atoms with E-state index in [4.69, 9.17) is 0 Å². The third-order valence-electron chi connectivity index (χ3n) is 2.51. The van der Waals surface area contributed by atoms with E-state index in [2.05, 4.69) is 15.6 Å². The molecule has 17 heavy (non-hydrogen) atoms. The van der Waals surface area contributed by atoms with Gasteiger partial charge in [0.15, 0.2) is 5.96 Å². The van der Waals surface area contributed by atoms with Gasteiger partial charge in [-0.1, -0.05) is 0 Å². The second kappa shape index (κ2) is 6.80. The largest absolute Gasteiger partial charge is 0.357 e. The molecule has 0 aromatic rings. The van der Waals surface area contributed by atoms with Gasteiger partial charge in [-0.05, 0) is 20.3 Å². The first-order chi connectivity index (χ1) is 8.10. The summed E-state index contributed by atoms with van der Waals surface area (Å²) in [6.45, 7) is 7.20. The first kappa shape index (κ1) is 14.2. The molecule has 0 aromatic carbocycles. The van der Waals surface area contributed by atoms with Gasteiger partial charge in [0, 0.05) is 26.2 Å². The molecular weight excluding hydrogens is 240 g/mol. The number of rotatable bonds is 5. The Kier molecular flexibility index (Phi) is 5.70. The lowest BCUT2D eigenvalue weighted by Gasteiger charge is -2.13. The van der Waals surface area contributed by atoms with Crippen molar-refractivity contribution in [2.24, 2.45) is 4.99 Å². The van der Waals surface area contributed by atoms with E-state index in [1.165, 1.54) is 4.31 Å². The van der Waals surface area contributed by atoms with Crippen LogP contribution in [0.15, 0.2) is 4.99 Å². The molecule has 0 aliphatic carbocycles. The quantitative estimate of drug-likeness (QED) is 0.522.